The Bertz CT molecular complexity index is 1180. The lowest BCUT2D eigenvalue weighted by atomic mass is 10.2. The SMILES string of the molecule is CCC(N(CCCCO[Si](C)(C)C(C)(C)C)C(=O)OC(C)(C)C)S(=O)(=O)c1cccc2cncc(Br)c12. The van der Waals surface area contributed by atoms with Crippen molar-refractivity contribution < 1.29 is 22.4 Å². The molecule has 1 heterocycles. The van der Waals surface area contributed by atoms with E-state index in [-0.39, 0.29) is 22.9 Å². The van der Waals surface area contributed by atoms with Crippen LogP contribution in [0.5, 0.6) is 0 Å². The number of sulfone groups is 1. The summed E-state index contributed by atoms with van der Waals surface area (Å²) in [4.78, 5) is 19.0. The Kier molecular flexibility index (Phi) is 10.4. The molecule has 2 rings (SSSR count). The summed E-state index contributed by atoms with van der Waals surface area (Å²) < 4.78 is 40.6. The lowest BCUT2D eigenvalue weighted by Crippen LogP contribution is -2.47. The molecule has 1 atom stereocenters. The highest BCUT2D eigenvalue weighted by molar-refractivity contribution is 9.10. The number of nitrogens with zero attached hydrogens (tertiary/aromatic N) is 2. The number of carbonyl (C=O) groups is 1. The van der Waals surface area contributed by atoms with Crippen LogP contribution >= 0.6 is 15.9 Å². The fourth-order valence-electron chi connectivity index (χ4n) is 3.75. The van der Waals surface area contributed by atoms with Gasteiger partial charge >= 0.3 is 6.09 Å². The van der Waals surface area contributed by atoms with Gasteiger partial charge in [-0.1, -0.05) is 39.8 Å². The molecule has 0 fully saturated rings. The van der Waals surface area contributed by atoms with Gasteiger partial charge in [-0.25, -0.2) is 13.2 Å². The normalized spacial score (nSPS) is 14.0. The maximum absolute atomic E-state index is 14.1. The molecule has 1 aromatic carbocycles. The summed E-state index contributed by atoms with van der Waals surface area (Å²) in [5.41, 5.74) is -0.753. The molecule has 1 unspecified atom stereocenters. The van der Waals surface area contributed by atoms with Crippen molar-refractivity contribution in [2.75, 3.05) is 13.2 Å². The largest absolute Gasteiger partial charge is 0.444 e. The zero-order valence-electron chi connectivity index (χ0n) is 23.7. The minimum Gasteiger partial charge on any atom is -0.444 e. The molecule has 208 valence electrons. The monoisotopic (exact) mass is 614 g/mol. The van der Waals surface area contributed by atoms with Gasteiger partial charge in [0.2, 0.25) is 0 Å². The number of rotatable bonds is 10. The molecule has 0 radical (unpaired) electrons. The van der Waals surface area contributed by atoms with E-state index in [9.17, 15) is 13.2 Å². The third-order valence-electron chi connectivity index (χ3n) is 6.75. The molecule has 2 aromatic rings. The first kappa shape index (κ1) is 31.7. The Balaban J connectivity index is 2.35. The number of halogens is 1. The molecule has 0 saturated carbocycles. The van der Waals surface area contributed by atoms with Crippen LogP contribution in [0.15, 0.2) is 40.0 Å². The second kappa shape index (κ2) is 12.1. The van der Waals surface area contributed by atoms with Crippen molar-refractivity contribution in [2.24, 2.45) is 0 Å². The van der Waals surface area contributed by atoms with Gasteiger partial charge in [0.25, 0.3) is 0 Å². The number of fused-ring (bicyclic) bond motifs is 1. The summed E-state index contributed by atoms with van der Waals surface area (Å²) in [6.45, 7) is 18.9. The Morgan fingerprint density at radius 3 is 2.32 bits per heavy atom. The molecule has 0 aliphatic rings. The summed E-state index contributed by atoms with van der Waals surface area (Å²) in [6, 6.07) is 5.11. The average molecular weight is 616 g/mol. The lowest BCUT2D eigenvalue weighted by molar-refractivity contribution is 0.0213. The molecule has 37 heavy (non-hydrogen) atoms. The molecule has 0 aliphatic heterocycles. The number of benzene rings is 1. The Labute approximate surface area is 232 Å². The maximum atomic E-state index is 14.1. The zero-order valence-corrected chi connectivity index (χ0v) is 27.1. The Morgan fingerprint density at radius 1 is 1.11 bits per heavy atom. The van der Waals surface area contributed by atoms with Gasteiger partial charge in [-0.05, 0) is 80.2 Å². The number of amides is 1. The second-order valence-electron chi connectivity index (χ2n) is 11.9. The topological polar surface area (TPSA) is 85.8 Å². The van der Waals surface area contributed by atoms with Gasteiger partial charge in [-0.15, -0.1) is 0 Å². The van der Waals surface area contributed by atoms with Crippen LogP contribution in [0.25, 0.3) is 10.8 Å². The van der Waals surface area contributed by atoms with E-state index in [0.717, 1.165) is 0 Å². The molecule has 10 heteroatoms. The highest BCUT2D eigenvalue weighted by atomic mass is 79.9. The summed E-state index contributed by atoms with van der Waals surface area (Å²) in [6.07, 6.45) is 4.12. The van der Waals surface area contributed by atoms with Crippen molar-refractivity contribution in [3.05, 3.63) is 35.1 Å². The minimum atomic E-state index is -3.94. The van der Waals surface area contributed by atoms with E-state index in [1.165, 1.54) is 4.90 Å². The molecular weight excluding hydrogens is 572 g/mol. The quantitative estimate of drug-likeness (QED) is 0.203. The molecule has 0 bridgehead atoms. The summed E-state index contributed by atoms with van der Waals surface area (Å²) in [7, 11) is -5.82. The molecule has 0 saturated heterocycles. The Morgan fingerprint density at radius 2 is 1.76 bits per heavy atom. The predicted molar refractivity (Wildman–Crippen MR) is 156 cm³/mol. The van der Waals surface area contributed by atoms with Crippen molar-refractivity contribution in [1.82, 2.24) is 9.88 Å². The van der Waals surface area contributed by atoms with E-state index < -0.39 is 35.2 Å². The average Bonchev–Trinajstić information content (AvgIpc) is 2.75. The molecule has 0 aliphatic carbocycles. The van der Waals surface area contributed by atoms with Crippen LogP contribution in [0.4, 0.5) is 4.79 Å². The van der Waals surface area contributed by atoms with Crippen molar-refractivity contribution >= 4 is 51.0 Å². The van der Waals surface area contributed by atoms with E-state index in [4.69, 9.17) is 9.16 Å². The third kappa shape index (κ3) is 8.00. The van der Waals surface area contributed by atoms with E-state index in [1.54, 1.807) is 52.2 Å². The zero-order chi connectivity index (χ0) is 28.2. The van der Waals surface area contributed by atoms with Crippen LogP contribution in [0, 0.1) is 0 Å². The number of unbranched alkanes of at least 4 members (excludes halogenated alkanes) is 1. The van der Waals surface area contributed by atoms with Crippen molar-refractivity contribution in [3.8, 4) is 0 Å². The van der Waals surface area contributed by atoms with Gasteiger partial charge in [-0.3, -0.25) is 9.88 Å². The molecule has 7 nitrogen and oxygen atoms in total. The van der Waals surface area contributed by atoms with E-state index in [0.29, 0.717) is 34.7 Å². The van der Waals surface area contributed by atoms with Gasteiger partial charge in [-0.2, -0.15) is 0 Å². The van der Waals surface area contributed by atoms with Gasteiger partial charge in [0.1, 0.15) is 11.0 Å². The van der Waals surface area contributed by atoms with Crippen molar-refractivity contribution in [2.45, 2.75) is 102 Å². The number of hydrogen-bond acceptors (Lipinski definition) is 6. The van der Waals surface area contributed by atoms with E-state index >= 15 is 0 Å². The van der Waals surface area contributed by atoms with Gasteiger partial charge in [0, 0.05) is 40.8 Å². The minimum absolute atomic E-state index is 0.110. The Hall–Kier alpha value is -1.49. The van der Waals surface area contributed by atoms with Crippen molar-refractivity contribution in [1.29, 1.82) is 0 Å². The molecular formula is C27H43BrN2O5SSi. The third-order valence-corrected chi connectivity index (χ3v) is 14.1. The summed E-state index contributed by atoms with van der Waals surface area (Å²) >= 11 is 3.46. The van der Waals surface area contributed by atoms with Gasteiger partial charge < -0.3 is 9.16 Å². The fourth-order valence-corrected chi connectivity index (χ4v) is 7.57. The lowest BCUT2D eigenvalue weighted by Gasteiger charge is -2.36. The second-order valence-corrected chi connectivity index (χ2v) is 19.6. The predicted octanol–water partition coefficient (Wildman–Crippen LogP) is 7.55. The van der Waals surface area contributed by atoms with Crippen LogP contribution in [0.2, 0.25) is 18.1 Å². The first-order valence-electron chi connectivity index (χ1n) is 12.8. The highest BCUT2D eigenvalue weighted by Crippen LogP contribution is 2.37. The van der Waals surface area contributed by atoms with Crippen LogP contribution in [0.1, 0.15) is 67.7 Å². The smallest absolute Gasteiger partial charge is 0.411 e. The molecule has 1 aromatic heterocycles. The first-order chi connectivity index (χ1) is 16.9. The standard InChI is InChI=1S/C27H43BrN2O5SSi/c1-10-23(36(32,33)22-15-13-14-20-18-29-19-21(28)24(20)22)30(25(31)35-26(2,3)4)16-11-12-17-34-37(8,9)27(5,6)7/h13-15,18-19,23H,10-12,16-17H2,1-9H3. The van der Waals surface area contributed by atoms with Crippen LogP contribution < -0.4 is 0 Å². The van der Waals surface area contributed by atoms with Gasteiger partial charge in [0.05, 0.1) is 4.90 Å². The maximum Gasteiger partial charge on any atom is 0.411 e. The van der Waals surface area contributed by atoms with Crippen LogP contribution in [-0.2, 0) is 19.0 Å². The molecule has 1 amide bonds. The van der Waals surface area contributed by atoms with Gasteiger partial charge in [0.15, 0.2) is 18.2 Å². The number of hydrogen-bond donors (Lipinski definition) is 0. The number of pyridine rings is 1. The van der Waals surface area contributed by atoms with Crippen molar-refractivity contribution in [3.63, 3.8) is 0 Å². The molecule has 0 N–H and O–H groups in total. The fraction of sp³-hybridized carbons (Fsp3) is 0.630. The van der Waals surface area contributed by atoms with E-state index in [2.05, 4.69) is 54.8 Å². The number of aromatic nitrogens is 1. The van der Waals surface area contributed by atoms with Crippen LogP contribution in [-0.4, -0.2) is 56.8 Å². The van der Waals surface area contributed by atoms with E-state index in [1.807, 2.05) is 6.07 Å². The first-order valence-corrected chi connectivity index (χ1v) is 18.1. The molecule has 0 spiro atoms. The summed E-state index contributed by atoms with van der Waals surface area (Å²) in [5, 5.41) is 0.299. The number of ether oxygens (including phenoxy) is 1. The van der Waals surface area contributed by atoms with Crippen LogP contribution in [0.3, 0.4) is 0 Å². The number of carbonyl (C=O) groups excluding carboxylic acids is 1. The highest BCUT2D eigenvalue weighted by Gasteiger charge is 2.38. The summed E-state index contributed by atoms with van der Waals surface area (Å²) in [5.74, 6) is 0.